The van der Waals surface area contributed by atoms with Gasteiger partial charge < -0.3 is 9.84 Å². The zero-order chi connectivity index (χ0) is 27.0. The van der Waals surface area contributed by atoms with Crippen molar-refractivity contribution in [1.29, 1.82) is 0 Å². The first-order chi connectivity index (χ1) is 17.5. The Balaban J connectivity index is 1.71. The number of nitrogens with zero attached hydrogens (tertiary/aromatic N) is 1. The van der Waals surface area contributed by atoms with Crippen LogP contribution in [0.2, 0.25) is 10.0 Å². The minimum atomic E-state index is -4.54. The maximum Gasteiger partial charge on any atom is 0.417 e. The summed E-state index contributed by atoms with van der Waals surface area (Å²) in [5, 5.41) is 9.32. The number of alkyl halides is 3. The molecule has 198 valence electrons. The molecule has 0 bridgehead atoms. The fraction of sp³-hybridized carbons (Fsp3) is 0.321. The summed E-state index contributed by atoms with van der Waals surface area (Å²) in [6.07, 6.45) is -4.04. The largest absolute Gasteiger partial charge is 0.494 e. The Morgan fingerprint density at radius 2 is 1.78 bits per heavy atom. The Labute approximate surface area is 224 Å². The van der Waals surface area contributed by atoms with E-state index in [-0.39, 0.29) is 23.9 Å². The number of ether oxygens (including phenoxy) is 1. The van der Waals surface area contributed by atoms with Crippen molar-refractivity contribution in [2.45, 2.75) is 38.4 Å². The monoisotopic (exact) mass is 553 g/mol. The van der Waals surface area contributed by atoms with Crippen LogP contribution in [-0.2, 0) is 23.9 Å². The second kappa shape index (κ2) is 13.2. The smallest absolute Gasteiger partial charge is 0.417 e. The Bertz CT molecular complexity index is 1200. The van der Waals surface area contributed by atoms with E-state index >= 15 is 0 Å². The fourth-order valence-electron chi connectivity index (χ4n) is 4.16. The summed E-state index contributed by atoms with van der Waals surface area (Å²) >= 11 is 12.6. The van der Waals surface area contributed by atoms with Gasteiger partial charge in [-0.05, 0) is 53.3 Å². The Hall–Kier alpha value is -2.74. The van der Waals surface area contributed by atoms with Gasteiger partial charge in [-0.25, -0.2) is 0 Å². The van der Waals surface area contributed by atoms with Crippen LogP contribution in [0.1, 0.15) is 41.5 Å². The van der Waals surface area contributed by atoms with E-state index in [1.54, 1.807) is 30.3 Å². The van der Waals surface area contributed by atoms with E-state index in [2.05, 4.69) is 0 Å². The van der Waals surface area contributed by atoms with Crippen LogP contribution in [0.15, 0.2) is 66.7 Å². The number of benzene rings is 3. The van der Waals surface area contributed by atoms with Crippen LogP contribution in [0.25, 0.3) is 0 Å². The molecule has 3 aromatic rings. The number of carbonyl (C=O) groups is 1. The van der Waals surface area contributed by atoms with Crippen LogP contribution in [0.3, 0.4) is 0 Å². The van der Waals surface area contributed by atoms with Gasteiger partial charge in [0.05, 0.1) is 23.6 Å². The van der Waals surface area contributed by atoms with Crippen molar-refractivity contribution in [3.8, 4) is 5.75 Å². The van der Waals surface area contributed by atoms with Gasteiger partial charge in [0, 0.05) is 24.7 Å². The average Bonchev–Trinajstić information content (AvgIpc) is 2.82. The Kier molecular flexibility index (Phi) is 10.3. The highest BCUT2D eigenvalue weighted by atomic mass is 35.5. The minimum Gasteiger partial charge on any atom is -0.494 e. The molecule has 0 spiro atoms. The summed E-state index contributed by atoms with van der Waals surface area (Å²) in [6.45, 7) is 3.68. The number of carboxylic acid groups (broad SMARTS) is 1. The van der Waals surface area contributed by atoms with Gasteiger partial charge in [-0.2, -0.15) is 13.2 Å². The van der Waals surface area contributed by atoms with E-state index in [4.69, 9.17) is 33.0 Å². The first kappa shape index (κ1) is 28.8. The summed E-state index contributed by atoms with van der Waals surface area (Å²) < 4.78 is 46.0. The van der Waals surface area contributed by atoms with Crippen LogP contribution < -0.4 is 4.74 Å². The molecular formula is C28H28Cl2F3NO3. The maximum atomic E-state index is 13.4. The van der Waals surface area contributed by atoms with Crippen LogP contribution in [0, 0.1) is 0 Å². The molecule has 0 fully saturated rings. The predicted octanol–water partition coefficient (Wildman–Crippen LogP) is 7.71. The number of hydrogen-bond acceptors (Lipinski definition) is 3. The molecular weight excluding hydrogens is 526 g/mol. The van der Waals surface area contributed by atoms with Crippen molar-refractivity contribution in [2.75, 3.05) is 19.7 Å². The molecule has 0 amide bonds. The van der Waals surface area contributed by atoms with Crippen molar-refractivity contribution in [3.63, 3.8) is 0 Å². The molecule has 1 atom stereocenters. The molecule has 3 aromatic carbocycles. The Morgan fingerprint density at radius 3 is 2.49 bits per heavy atom. The van der Waals surface area contributed by atoms with Gasteiger partial charge in [0.15, 0.2) is 0 Å². The topological polar surface area (TPSA) is 49.8 Å². The third kappa shape index (κ3) is 8.66. The molecule has 37 heavy (non-hydrogen) atoms. The molecule has 0 radical (unpaired) electrons. The summed E-state index contributed by atoms with van der Waals surface area (Å²) in [5.41, 5.74) is 1.13. The number of carboxylic acids is 1. The lowest BCUT2D eigenvalue weighted by molar-refractivity contribution is -0.138. The fourth-order valence-corrected chi connectivity index (χ4v) is 4.77. The first-order valence-corrected chi connectivity index (χ1v) is 12.5. The lowest BCUT2D eigenvalue weighted by Gasteiger charge is -2.27. The van der Waals surface area contributed by atoms with Crippen LogP contribution in [0.4, 0.5) is 13.2 Å². The molecule has 0 aromatic heterocycles. The zero-order valence-electron chi connectivity index (χ0n) is 20.3. The molecule has 0 unspecified atom stereocenters. The number of hydrogen-bond donors (Lipinski definition) is 1. The van der Waals surface area contributed by atoms with Gasteiger partial charge in [0.25, 0.3) is 0 Å². The second-order valence-electron chi connectivity index (χ2n) is 8.85. The maximum absolute atomic E-state index is 13.4. The molecule has 1 N–H and O–H groups in total. The molecule has 0 saturated heterocycles. The van der Waals surface area contributed by atoms with Crippen LogP contribution in [-0.4, -0.2) is 35.7 Å². The molecule has 9 heteroatoms. The molecule has 0 aliphatic rings. The molecule has 0 heterocycles. The standard InChI is InChI=1S/C28H28Cl2F3NO3/c1-19(23-10-2-3-12-25(23)29)17-34(18-21-8-5-11-24(27(21)30)28(31,32)33)13-6-14-37-22-9-4-7-20(15-22)16-26(35)36/h2-5,7-12,15,19H,6,13-14,16-18H2,1H3,(H,35,36)/t19-/m1/s1. The highest BCUT2D eigenvalue weighted by Gasteiger charge is 2.34. The van der Waals surface area contributed by atoms with Crippen molar-refractivity contribution in [2.24, 2.45) is 0 Å². The zero-order valence-corrected chi connectivity index (χ0v) is 21.8. The van der Waals surface area contributed by atoms with Gasteiger partial charge in [0.2, 0.25) is 0 Å². The van der Waals surface area contributed by atoms with Gasteiger partial charge in [-0.15, -0.1) is 0 Å². The number of halogens is 5. The third-order valence-corrected chi connectivity index (χ3v) is 6.68. The highest BCUT2D eigenvalue weighted by molar-refractivity contribution is 6.32. The normalized spacial score (nSPS) is 12.5. The van der Waals surface area contributed by atoms with Gasteiger partial charge in [-0.3, -0.25) is 9.69 Å². The van der Waals surface area contributed by atoms with E-state index < -0.39 is 17.7 Å². The van der Waals surface area contributed by atoms with Crippen molar-refractivity contribution < 1.29 is 27.8 Å². The number of aliphatic carboxylic acids is 1. The Morgan fingerprint density at radius 1 is 1.05 bits per heavy atom. The van der Waals surface area contributed by atoms with Crippen LogP contribution in [0.5, 0.6) is 5.75 Å². The predicted molar refractivity (Wildman–Crippen MR) is 139 cm³/mol. The summed E-state index contributed by atoms with van der Waals surface area (Å²) in [5.74, 6) is -0.337. The van der Waals surface area contributed by atoms with Crippen molar-refractivity contribution in [1.82, 2.24) is 4.90 Å². The van der Waals surface area contributed by atoms with E-state index in [0.717, 1.165) is 11.6 Å². The number of rotatable bonds is 12. The van der Waals surface area contributed by atoms with Gasteiger partial charge >= 0.3 is 12.1 Å². The van der Waals surface area contributed by atoms with E-state index in [1.807, 2.05) is 36.1 Å². The average molecular weight is 554 g/mol. The third-order valence-electron chi connectivity index (χ3n) is 5.89. The van der Waals surface area contributed by atoms with Gasteiger partial charge in [0.1, 0.15) is 5.75 Å². The van der Waals surface area contributed by atoms with Crippen LogP contribution >= 0.6 is 23.2 Å². The molecule has 0 aliphatic heterocycles. The highest BCUT2D eigenvalue weighted by Crippen LogP contribution is 2.37. The SMILES string of the molecule is C[C@H](CN(CCCOc1cccc(CC(=O)O)c1)Cc1cccc(C(F)(F)F)c1Cl)c1ccccc1Cl. The van der Waals surface area contributed by atoms with E-state index in [9.17, 15) is 18.0 Å². The molecule has 0 aliphatic carbocycles. The second-order valence-corrected chi connectivity index (χ2v) is 9.64. The molecule has 0 saturated carbocycles. The minimum absolute atomic E-state index is 0.0203. The summed E-state index contributed by atoms with van der Waals surface area (Å²) in [7, 11) is 0. The van der Waals surface area contributed by atoms with Crippen molar-refractivity contribution in [3.05, 3.63) is 99.0 Å². The first-order valence-electron chi connectivity index (χ1n) is 11.8. The lowest BCUT2D eigenvalue weighted by atomic mass is 10.00. The summed E-state index contributed by atoms with van der Waals surface area (Å²) in [6, 6.07) is 18.4. The van der Waals surface area contributed by atoms with E-state index in [1.165, 1.54) is 6.07 Å². The van der Waals surface area contributed by atoms with Gasteiger partial charge in [-0.1, -0.05) is 72.6 Å². The van der Waals surface area contributed by atoms with Crippen molar-refractivity contribution >= 4 is 29.2 Å². The lowest BCUT2D eigenvalue weighted by Crippen LogP contribution is -2.30. The summed E-state index contributed by atoms with van der Waals surface area (Å²) in [4.78, 5) is 13.0. The molecule has 4 nitrogen and oxygen atoms in total. The quantitative estimate of drug-likeness (QED) is 0.233. The molecule has 3 rings (SSSR count). The van der Waals surface area contributed by atoms with E-state index in [0.29, 0.717) is 48.0 Å².